The molecule has 0 amide bonds. The number of rotatable bonds is 9. The van der Waals surface area contributed by atoms with E-state index in [0.717, 1.165) is 12.1 Å². The number of halogens is 1. The fourth-order valence-corrected chi connectivity index (χ4v) is 3.73. The molecule has 9 nitrogen and oxygen atoms in total. The van der Waals surface area contributed by atoms with E-state index < -0.39 is 5.97 Å². The van der Waals surface area contributed by atoms with Crippen LogP contribution in [-0.4, -0.2) is 46.7 Å². The molecule has 0 N–H and O–H groups in total. The highest BCUT2D eigenvalue weighted by molar-refractivity contribution is 7.99. The minimum atomic E-state index is -0.424. The van der Waals surface area contributed by atoms with E-state index in [0.29, 0.717) is 28.9 Å². The Morgan fingerprint density at radius 1 is 1.06 bits per heavy atom. The fourth-order valence-electron chi connectivity index (χ4n) is 2.98. The highest BCUT2D eigenvalue weighted by atomic mass is 32.2. The maximum atomic E-state index is 13.4. The van der Waals surface area contributed by atoms with Gasteiger partial charge in [0.15, 0.2) is 23.4 Å². The van der Waals surface area contributed by atoms with Crippen molar-refractivity contribution in [2.24, 2.45) is 0 Å². The molecule has 2 heterocycles. The van der Waals surface area contributed by atoms with E-state index in [1.807, 2.05) is 41.8 Å². The van der Waals surface area contributed by atoms with Gasteiger partial charge in [-0.15, -0.1) is 15.3 Å². The molecular formula is C21H20FN7O2S. The van der Waals surface area contributed by atoms with E-state index in [-0.39, 0.29) is 18.2 Å². The first kappa shape index (κ1) is 21.6. The molecule has 0 unspecified atom stereocenters. The zero-order valence-electron chi connectivity index (χ0n) is 17.3. The van der Waals surface area contributed by atoms with Gasteiger partial charge in [-0.2, -0.15) is 0 Å². The van der Waals surface area contributed by atoms with Crippen LogP contribution in [0, 0.1) is 5.82 Å². The number of aryl methyl sites for hydroxylation is 1. The average molecular weight is 454 g/mol. The van der Waals surface area contributed by atoms with Crippen LogP contribution in [0.15, 0.2) is 59.8 Å². The number of aromatic nitrogens is 7. The molecule has 0 aliphatic carbocycles. The smallest absolute Gasteiger partial charge is 0.316 e. The van der Waals surface area contributed by atoms with Gasteiger partial charge in [0.05, 0.1) is 5.75 Å². The summed E-state index contributed by atoms with van der Waals surface area (Å²) in [5, 5.41) is 20.4. The van der Waals surface area contributed by atoms with Gasteiger partial charge < -0.3 is 4.74 Å². The van der Waals surface area contributed by atoms with Crippen LogP contribution in [0.2, 0.25) is 0 Å². The van der Waals surface area contributed by atoms with Crippen molar-refractivity contribution in [3.8, 4) is 17.1 Å². The van der Waals surface area contributed by atoms with Gasteiger partial charge in [0.1, 0.15) is 5.82 Å². The van der Waals surface area contributed by atoms with Crippen molar-refractivity contribution in [1.29, 1.82) is 0 Å². The van der Waals surface area contributed by atoms with Crippen molar-refractivity contribution in [3.05, 3.63) is 66.2 Å². The second-order valence-corrected chi connectivity index (χ2v) is 7.69. The first-order valence-corrected chi connectivity index (χ1v) is 10.9. The topological polar surface area (TPSA) is 101 Å². The number of benzene rings is 2. The van der Waals surface area contributed by atoms with Gasteiger partial charge in [-0.1, -0.05) is 36.9 Å². The van der Waals surface area contributed by atoms with Crippen LogP contribution in [0.3, 0.4) is 0 Å². The van der Waals surface area contributed by atoms with Crippen molar-refractivity contribution in [2.75, 3.05) is 5.75 Å². The summed E-state index contributed by atoms with van der Waals surface area (Å²) in [4.78, 5) is 12.3. The first-order valence-electron chi connectivity index (χ1n) is 9.96. The van der Waals surface area contributed by atoms with Gasteiger partial charge in [0.2, 0.25) is 0 Å². The molecule has 4 aromatic rings. The van der Waals surface area contributed by atoms with Crippen LogP contribution in [-0.2, 0) is 22.7 Å². The molecule has 32 heavy (non-hydrogen) atoms. The SMILES string of the molecule is CCCn1nnnc1COC(=O)CSc1nnc(-c2ccc(F)cc2)n1-c1ccccc1. The van der Waals surface area contributed by atoms with Crippen LogP contribution in [0.1, 0.15) is 19.2 Å². The second kappa shape index (κ2) is 10.1. The van der Waals surface area contributed by atoms with Gasteiger partial charge >= 0.3 is 5.97 Å². The molecular weight excluding hydrogens is 433 g/mol. The predicted octanol–water partition coefficient (Wildman–Crippen LogP) is 3.31. The largest absolute Gasteiger partial charge is 0.457 e. The summed E-state index contributed by atoms with van der Waals surface area (Å²) >= 11 is 1.20. The molecule has 0 spiro atoms. The fraction of sp³-hybridized carbons (Fsp3) is 0.238. The van der Waals surface area contributed by atoms with Crippen LogP contribution < -0.4 is 0 Å². The number of hydrogen-bond acceptors (Lipinski definition) is 8. The number of hydrogen-bond donors (Lipinski definition) is 0. The van der Waals surface area contributed by atoms with E-state index >= 15 is 0 Å². The van der Waals surface area contributed by atoms with E-state index in [1.165, 1.54) is 23.9 Å². The Morgan fingerprint density at radius 2 is 1.84 bits per heavy atom. The van der Waals surface area contributed by atoms with Crippen molar-refractivity contribution in [3.63, 3.8) is 0 Å². The molecule has 0 atom stereocenters. The van der Waals surface area contributed by atoms with Crippen molar-refractivity contribution >= 4 is 17.7 Å². The Kier molecular flexibility index (Phi) is 6.85. The average Bonchev–Trinajstić information content (AvgIpc) is 3.44. The van der Waals surface area contributed by atoms with Crippen molar-refractivity contribution in [1.82, 2.24) is 35.0 Å². The van der Waals surface area contributed by atoms with Crippen LogP contribution >= 0.6 is 11.8 Å². The van der Waals surface area contributed by atoms with Gasteiger partial charge in [0.25, 0.3) is 0 Å². The summed E-state index contributed by atoms with van der Waals surface area (Å²) in [7, 11) is 0. The number of esters is 1. The Morgan fingerprint density at radius 3 is 2.59 bits per heavy atom. The summed E-state index contributed by atoms with van der Waals surface area (Å²) < 4.78 is 22.1. The maximum absolute atomic E-state index is 13.4. The van der Waals surface area contributed by atoms with Crippen LogP contribution in [0.4, 0.5) is 4.39 Å². The second-order valence-electron chi connectivity index (χ2n) is 6.75. The van der Waals surface area contributed by atoms with E-state index in [1.54, 1.807) is 16.8 Å². The molecule has 0 aliphatic rings. The number of ether oxygens (including phenoxy) is 1. The van der Waals surface area contributed by atoms with Gasteiger partial charge in [-0.25, -0.2) is 9.07 Å². The van der Waals surface area contributed by atoms with E-state index in [9.17, 15) is 9.18 Å². The quantitative estimate of drug-likeness (QED) is 0.281. The minimum absolute atomic E-state index is 0.00139. The molecule has 0 bridgehead atoms. The van der Waals surface area contributed by atoms with Crippen molar-refractivity contribution < 1.29 is 13.9 Å². The highest BCUT2D eigenvalue weighted by Gasteiger charge is 2.18. The van der Waals surface area contributed by atoms with E-state index in [4.69, 9.17) is 4.74 Å². The lowest BCUT2D eigenvalue weighted by Gasteiger charge is -2.10. The molecule has 0 aliphatic heterocycles. The van der Waals surface area contributed by atoms with E-state index in [2.05, 4.69) is 25.7 Å². The molecule has 2 aromatic carbocycles. The number of tetrazole rings is 1. The number of thioether (sulfide) groups is 1. The zero-order chi connectivity index (χ0) is 22.3. The standard InChI is InChI=1S/C21H20FN7O2S/c1-2-12-28-18(23-26-27-28)13-31-19(30)14-32-21-25-24-20(15-8-10-16(22)11-9-15)29(21)17-6-4-3-5-7-17/h3-11H,2,12-14H2,1H3. The molecule has 0 fully saturated rings. The third-order valence-corrected chi connectivity index (χ3v) is 5.38. The Hall–Kier alpha value is -3.60. The third kappa shape index (κ3) is 4.99. The van der Waals surface area contributed by atoms with Gasteiger partial charge in [-0.05, 0) is 53.2 Å². The van der Waals surface area contributed by atoms with Crippen LogP contribution in [0.5, 0.6) is 0 Å². The predicted molar refractivity (Wildman–Crippen MR) is 115 cm³/mol. The van der Waals surface area contributed by atoms with Gasteiger partial charge in [-0.3, -0.25) is 9.36 Å². The summed E-state index contributed by atoms with van der Waals surface area (Å²) in [6.45, 7) is 2.66. The molecule has 0 saturated carbocycles. The summed E-state index contributed by atoms with van der Waals surface area (Å²) in [5.74, 6) is 0.319. The monoisotopic (exact) mass is 453 g/mol. The Labute approximate surface area is 187 Å². The number of carbonyl (C=O) groups is 1. The lowest BCUT2D eigenvalue weighted by atomic mass is 10.2. The summed E-state index contributed by atoms with van der Waals surface area (Å²) in [6.07, 6.45) is 0.868. The van der Waals surface area contributed by atoms with Gasteiger partial charge in [0, 0.05) is 17.8 Å². The number of carbonyl (C=O) groups excluding carboxylic acids is 1. The minimum Gasteiger partial charge on any atom is -0.457 e. The normalized spacial score (nSPS) is 10.9. The highest BCUT2D eigenvalue weighted by Crippen LogP contribution is 2.28. The lowest BCUT2D eigenvalue weighted by molar-refractivity contribution is -0.142. The molecule has 11 heteroatoms. The third-order valence-electron chi connectivity index (χ3n) is 4.47. The zero-order valence-corrected chi connectivity index (χ0v) is 18.1. The number of para-hydroxylation sites is 1. The molecule has 4 rings (SSSR count). The first-order chi connectivity index (χ1) is 15.7. The molecule has 164 valence electrons. The maximum Gasteiger partial charge on any atom is 0.316 e. The molecule has 2 aromatic heterocycles. The summed E-state index contributed by atoms with van der Waals surface area (Å²) in [5.41, 5.74) is 1.53. The Bertz CT molecular complexity index is 1180. The lowest BCUT2D eigenvalue weighted by Crippen LogP contribution is -2.12. The van der Waals surface area contributed by atoms with Crippen LogP contribution in [0.25, 0.3) is 17.1 Å². The van der Waals surface area contributed by atoms with Crippen molar-refractivity contribution in [2.45, 2.75) is 31.7 Å². The Balaban J connectivity index is 1.49. The molecule has 0 radical (unpaired) electrons. The number of nitrogens with zero attached hydrogens (tertiary/aromatic N) is 7. The molecule has 0 saturated heterocycles. The summed E-state index contributed by atoms with van der Waals surface area (Å²) in [6, 6.07) is 15.5.